The van der Waals surface area contributed by atoms with Gasteiger partial charge in [-0.2, -0.15) is 0 Å². The monoisotopic (exact) mass is 330 g/mol. The van der Waals surface area contributed by atoms with E-state index in [9.17, 15) is 0 Å². The van der Waals surface area contributed by atoms with Gasteiger partial charge in [0.15, 0.2) is 0 Å². The molecule has 19 heavy (non-hydrogen) atoms. The lowest BCUT2D eigenvalue weighted by atomic mass is 9.82. The summed E-state index contributed by atoms with van der Waals surface area (Å²) in [6.45, 7) is 3.33. The van der Waals surface area contributed by atoms with Crippen LogP contribution in [0.5, 0.6) is 0 Å². The molecule has 2 heteroatoms. The zero-order valence-electron chi connectivity index (χ0n) is 12.6. The predicted molar refractivity (Wildman–Crippen MR) is 85.9 cm³/mol. The van der Waals surface area contributed by atoms with Gasteiger partial charge in [-0.1, -0.05) is 67.8 Å². The molecule has 2 unspecified atom stereocenters. The Balaban J connectivity index is 1.81. The van der Waals surface area contributed by atoms with Crippen molar-refractivity contribution in [2.24, 2.45) is 11.3 Å². The molecule has 112 valence electrons. The van der Waals surface area contributed by atoms with Gasteiger partial charge in [0.1, 0.15) is 0 Å². The second-order valence-corrected chi connectivity index (χ2v) is 7.48. The molecule has 0 aromatic carbocycles. The third-order valence-corrected chi connectivity index (χ3v) is 6.57. The van der Waals surface area contributed by atoms with E-state index in [2.05, 4.69) is 22.9 Å². The van der Waals surface area contributed by atoms with Crippen LogP contribution < -0.4 is 0 Å². The number of ether oxygens (including phenoxy) is 1. The van der Waals surface area contributed by atoms with E-state index < -0.39 is 0 Å². The van der Waals surface area contributed by atoms with E-state index in [1.54, 1.807) is 0 Å². The van der Waals surface area contributed by atoms with E-state index in [1.165, 1.54) is 70.6 Å². The highest BCUT2D eigenvalue weighted by Gasteiger charge is 2.32. The minimum Gasteiger partial charge on any atom is -0.378 e. The molecule has 2 aliphatic carbocycles. The summed E-state index contributed by atoms with van der Waals surface area (Å²) in [5.41, 5.74) is 0.440. The van der Waals surface area contributed by atoms with E-state index in [4.69, 9.17) is 4.74 Å². The molecule has 0 bridgehead atoms. The van der Waals surface area contributed by atoms with Crippen LogP contribution in [0.3, 0.4) is 0 Å². The Labute approximate surface area is 128 Å². The maximum atomic E-state index is 6.37. The summed E-state index contributed by atoms with van der Waals surface area (Å²) in [6, 6.07) is 0. The van der Waals surface area contributed by atoms with Gasteiger partial charge in [0.2, 0.25) is 0 Å². The highest BCUT2D eigenvalue weighted by atomic mass is 79.9. The summed E-state index contributed by atoms with van der Waals surface area (Å²) in [5.74, 6) is 0.924. The van der Waals surface area contributed by atoms with Gasteiger partial charge in [-0.15, -0.1) is 0 Å². The lowest BCUT2D eigenvalue weighted by molar-refractivity contribution is -0.0331. The molecule has 2 fully saturated rings. The Hall–Kier alpha value is 0.440. The van der Waals surface area contributed by atoms with Gasteiger partial charge in [0.25, 0.3) is 0 Å². The highest BCUT2D eigenvalue weighted by Crippen LogP contribution is 2.38. The molecule has 0 radical (unpaired) electrons. The number of hydrogen-bond donors (Lipinski definition) is 0. The average molecular weight is 331 g/mol. The zero-order chi connectivity index (χ0) is 13.6. The quantitative estimate of drug-likeness (QED) is 0.463. The molecule has 0 saturated heterocycles. The van der Waals surface area contributed by atoms with Crippen molar-refractivity contribution in [3.63, 3.8) is 0 Å². The summed E-state index contributed by atoms with van der Waals surface area (Å²) in [6.07, 6.45) is 15.7. The molecule has 0 N–H and O–H groups in total. The number of alkyl halides is 1. The largest absolute Gasteiger partial charge is 0.378 e. The standard InChI is InChI=1S/C17H31BrO/c1-2-15-8-7-9-16(12-15)19-14-17(13-18)10-5-3-4-6-11-17/h15-16H,2-14H2,1H3. The van der Waals surface area contributed by atoms with E-state index in [0.29, 0.717) is 11.5 Å². The van der Waals surface area contributed by atoms with E-state index in [1.807, 2.05) is 0 Å². The summed E-state index contributed by atoms with van der Waals surface area (Å²) in [4.78, 5) is 0. The Bertz CT molecular complexity index is 246. The molecular weight excluding hydrogens is 300 g/mol. The van der Waals surface area contributed by atoms with Crippen molar-refractivity contribution in [1.82, 2.24) is 0 Å². The Morgan fingerprint density at radius 3 is 2.42 bits per heavy atom. The van der Waals surface area contributed by atoms with Crippen LogP contribution in [0.4, 0.5) is 0 Å². The van der Waals surface area contributed by atoms with Crippen LogP contribution in [0, 0.1) is 11.3 Å². The SMILES string of the molecule is CCC1CCCC(OCC2(CBr)CCCCCC2)C1. The number of hydrogen-bond acceptors (Lipinski definition) is 1. The van der Waals surface area contributed by atoms with Gasteiger partial charge in [-0.05, 0) is 31.6 Å². The van der Waals surface area contributed by atoms with Crippen LogP contribution in [0.2, 0.25) is 0 Å². The summed E-state index contributed by atoms with van der Waals surface area (Å²) < 4.78 is 6.37. The smallest absolute Gasteiger partial charge is 0.0578 e. The van der Waals surface area contributed by atoms with Crippen LogP contribution in [-0.4, -0.2) is 18.0 Å². The number of rotatable bonds is 5. The topological polar surface area (TPSA) is 9.23 Å². The molecular formula is C17H31BrO. The lowest BCUT2D eigenvalue weighted by Gasteiger charge is -2.35. The molecule has 0 aromatic heterocycles. The molecule has 0 aliphatic heterocycles. The molecule has 0 heterocycles. The second-order valence-electron chi connectivity index (χ2n) is 6.92. The predicted octanol–water partition coefficient (Wildman–Crippen LogP) is 5.71. The Morgan fingerprint density at radius 1 is 1.05 bits per heavy atom. The van der Waals surface area contributed by atoms with Crippen LogP contribution >= 0.6 is 15.9 Å². The van der Waals surface area contributed by atoms with E-state index in [0.717, 1.165) is 17.9 Å². The van der Waals surface area contributed by atoms with Crippen molar-refractivity contribution in [3.05, 3.63) is 0 Å². The van der Waals surface area contributed by atoms with E-state index >= 15 is 0 Å². The first-order chi connectivity index (χ1) is 9.28. The fourth-order valence-electron chi connectivity index (χ4n) is 3.85. The molecule has 2 atom stereocenters. The van der Waals surface area contributed by atoms with Gasteiger partial charge >= 0.3 is 0 Å². The minimum absolute atomic E-state index is 0.440. The third-order valence-electron chi connectivity index (χ3n) is 5.38. The van der Waals surface area contributed by atoms with Crippen molar-refractivity contribution in [2.75, 3.05) is 11.9 Å². The Morgan fingerprint density at radius 2 is 1.79 bits per heavy atom. The lowest BCUT2D eigenvalue weighted by Crippen LogP contribution is -2.32. The van der Waals surface area contributed by atoms with Crippen molar-refractivity contribution in [2.45, 2.75) is 83.7 Å². The summed E-state index contributed by atoms with van der Waals surface area (Å²) in [5, 5.41) is 1.13. The molecule has 0 amide bonds. The summed E-state index contributed by atoms with van der Waals surface area (Å²) in [7, 11) is 0. The van der Waals surface area contributed by atoms with Crippen molar-refractivity contribution < 1.29 is 4.74 Å². The van der Waals surface area contributed by atoms with Gasteiger partial charge < -0.3 is 4.74 Å². The number of halogens is 1. The molecule has 1 nitrogen and oxygen atoms in total. The van der Waals surface area contributed by atoms with Crippen molar-refractivity contribution >= 4 is 15.9 Å². The fourth-order valence-corrected chi connectivity index (χ4v) is 4.58. The first-order valence-corrected chi connectivity index (χ1v) is 9.58. The first kappa shape index (κ1) is 15.8. The maximum absolute atomic E-state index is 6.37. The van der Waals surface area contributed by atoms with Crippen LogP contribution in [0.25, 0.3) is 0 Å². The van der Waals surface area contributed by atoms with Gasteiger partial charge in [-0.25, -0.2) is 0 Å². The normalized spacial score (nSPS) is 31.9. The molecule has 2 rings (SSSR count). The average Bonchev–Trinajstić information content (AvgIpc) is 2.71. The first-order valence-electron chi connectivity index (χ1n) is 8.45. The zero-order valence-corrected chi connectivity index (χ0v) is 14.2. The molecule has 2 aliphatic rings. The molecule has 2 saturated carbocycles. The summed E-state index contributed by atoms with van der Waals surface area (Å²) >= 11 is 3.77. The fraction of sp³-hybridized carbons (Fsp3) is 1.00. The van der Waals surface area contributed by atoms with Gasteiger partial charge in [-0.3, -0.25) is 0 Å². The minimum atomic E-state index is 0.440. The highest BCUT2D eigenvalue weighted by molar-refractivity contribution is 9.09. The van der Waals surface area contributed by atoms with Crippen molar-refractivity contribution in [3.8, 4) is 0 Å². The Kier molecular flexibility index (Phi) is 6.68. The van der Waals surface area contributed by atoms with Crippen molar-refractivity contribution in [1.29, 1.82) is 0 Å². The third kappa shape index (κ3) is 4.74. The van der Waals surface area contributed by atoms with Gasteiger partial charge in [0.05, 0.1) is 12.7 Å². The van der Waals surface area contributed by atoms with Crippen LogP contribution in [-0.2, 0) is 4.74 Å². The van der Waals surface area contributed by atoms with Crippen LogP contribution in [0.15, 0.2) is 0 Å². The molecule has 0 spiro atoms. The van der Waals surface area contributed by atoms with Crippen LogP contribution in [0.1, 0.15) is 77.6 Å². The van der Waals surface area contributed by atoms with Gasteiger partial charge in [0, 0.05) is 10.7 Å². The van der Waals surface area contributed by atoms with E-state index in [-0.39, 0.29) is 0 Å². The maximum Gasteiger partial charge on any atom is 0.0578 e. The molecule has 0 aromatic rings. The second kappa shape index (κ2) is 8.02.